The molecule has 0 bridgehead atoms. The smallest absolute Gasteiger partial charge is 0.0389 e. The van der Waals surface area contributed by atoms with E-state index in [0.29, 0.717) is 9.16 Å². The van der Waals surface area contributed by atoms with Crippen molar-refractivity contribution in [1.82, 2.24) is 0 Å². The summed E-state index contributed by atoms with van der Waals surface area (Å²) in [6, 6.07) is 0. The normalized spacial score (nSPS) is 21.9. The summed E-state index contributed by atoms with van der Waals surface area (Å²) in [4.78, 5) is 0. The Kier molecular flexibility index (Phi) is 7.39. The summed E-state index contributed by atoms with van der Waals surface area (Å²) < 4.78 is 0.793. The van der Waals surface area contributed by atoms with Crippen LogP contribution in [0.4, 0.5) is 0 Å². The predicted molar refractivity (Wildman–Crippen MR) is 68.2 cm³/mol. The van der Waals surface area contributed by atoms with Crippen LogP contribution in [0.5, 0.6) is 0 Å². The van der Waals surface area contributed by atoms with Crippen LogP contribution < -0.4 is 0 Å². The maximum atomic E-state index is 4.39. The van der Waals surface area contributed by atoms with E-state index in [1.54, 1.807) is 0 Å². The van der Waals surface area contributed by atoms with Crippen molar-refractivity contribution in [3.8, 4) is 0 Å². The van der Waals surface area contributed by atoms with E-state index in [-0.39, 0.29) is 10.9 Å². The summed E-state index contributed by atoms with van der Waals surface area (Å²) in [5.74, 6) is 1.66. The van der Waals surface area contributed by atoms with Crippen molar-refractivity contribution in [3.05, 3.63) is 0 Å². The van der Waals surface area contributed by atoms with Crippen LogP contribution >= 0.6 is 61.4 Å². The van der Waals surface area contributed by atoms with Crippen LogP contribution in [0, 0.1) is 0 Å². The summed E-state index contributed by atoms with van der Waals surface area (Å²) >= 11 is 17.1. The highest BCUT2D eigenvalue weighted by molar-refractivity contribution is 8.29. The average molecular weight is 235 g/mol. The third kappa shape index (κ3) is 3.95. The van der Waals surface area contributed by atoms with Gasteiger partial charge < -0.3 is 0 Å². The lowest BCUT2D eigenvalue weighted by Crippen LogP contribution is -2.11. The Balaban J connectivity index is 3.69. The fraction of sp³-hybridized carbons (Fsp3) is 1.00. The Bertz CT molecular complexity index is 76.1. The van der Waals surface area contributed by atoms with Gasteiger partial charge >= 0.3 is 0 Å². The molecular formula is C5H14S5. The predicted octanol–water partition coefficient (Wildman–Crippen LogP) is 1.99. The molecule has 0 aromatic rings. The summed E-state index contributed by atoms with van der Waals surface area (Å²) in [5.41, 5.74) is 0. The zero-order chi connectivity index (χ0) is 8.15. The molecule has 2 unspecified atom stereocenters. The van der Waals surface area contributed by atoms with Crippen molar-refractivity contribution < 1.29 is 0 Å². The Labute approximate surface area is 87.9 Å². The van der Waals surface area contributed by atoms with Crippen molar-refractivity contribution in [2.45, 2.75) is 9.16 Å². The molecule has 0 aromatic heterocycles. The molecule has 0 rings (SSSR count). The molecule has 5 heteroatoms. The number of thiol groups is 5. The van der Waals surface area contributed by atoms with Gasteiger partial charge in [-0.15, -0.1) is 0 Å². The number of hydrogen-bond donors (Lipinski definition) is 5. The van der Waals surface area contributed by atoms with Gasteiger partial charge in [-0.3, -0.25) is 0 Å². The molecule has 0 saturated carbocycles. The van der Waals surface area contributed by atoms with Gasteiger partial charge in [-0.05, 0) is 6.26 Å². The third-order valence-electron chi connectivity index (χ3n) is 1.27. The lowest BCUT2D eigenvalue weighted by Gasteiger charge is -2.26. The zero-order valence-electron chi connectivity index (χ0n) is 5.80. The molecule has 0 spiro atoms. The lowest BCUT2D eigenvalue weighted by atomic mass is 10.9. The van der Waals surface area contributed by atoms with Gasteiger partial charge in [0.2, 0.25) is 0 Å². The van der Waals surface area contributed by atoms with Crippen LogP contribution in [0.15, 0.2) is 0 Å². The molecule has 0 heterocycles. The lowest BCUT2D eigenvalue weighted by molar-refractivity contribution is 1.38. The molecular weight excluding hydrogens is 220 g/mol. The van der Waals surface area contributed by atoms with Crippen molar-refractivity contribution in [2.24, 2.45) is 0 Å². The quantitative estimate of drug-likeness (QED) is 0.452. The summed E-state index contributed by atoms with van der Waals surface area (Å²) in [7, 11) is -0.128. The molecule has 0 saturated heterocycles. The van der Waals surface area contributed by atoms with Crippen molar-refractivity contribution >= 4 is 61.4 Å². The monoisotopic (exact) mass is 234 g/mol. The van der Waals surface area contributed by atoms with Crippen LogP contribution in [0.3, 0.4) is 0 Å². The first-order valence-electron chi connectivity index (χ1n) is 2.93. The highest BCUT2D eigenvalue weighted by Crippen LogP contribution is 2.38. The first-order valence-corrected chi connectivity index (χ1v) is 7.15. The Hall–Kier alpha value is 1.75. The Morgan fingerprint density at radius 3 is 1.60 bits per heavy atom. The second-order valence-corrected chi connectivity index (χ2v) is 7.36. The average Bonchev–Trinajstić information content (AvgIpc) is 2.00. The minimum absolute atomic E-state index is 0.128. The SMILES string of the molecule is C[SH](C(S)CS)C(S)CS. The Morgan fingerprint density at radius 1 is 1.10 bits per heavy atom. The van der Waals surface area contributed by atoms with Crippen LogP contribution in [-0.4, -0.2) is 26.9 Å². The van der Waals surface area contributed by atoms with Gasteiger partial charge in [0, 0.05) is 20.7 Å². The van der Waals surface area contributed by atoms with Gasteiger partial charge in [-0.2, -0.15) is 50.5 Å². The second-order valence-electron chi connectivity index (χ2n) is 1.99. The first kappa shape index (κ1) is 11.8. The number of hydrogen-bond acceptors (Lipinski definition) is 4. The van der Waals surface area contributed by atoms with E-state index < -0.39 is 0 Å². The largest absolute Gasteiger partial charge is 0.232 e. The summed E-state index contributed by atoms with van der Waals surface area (Å²) in [6.45, 7) is 0. The van der Waals surface area contributed by atoms with Crippen LogP contribution in [-0.2, 0) is 0 Å². The molecule has 0 aromatic carbocycles. The van der Waals surface area contributed by atoms with E-state index in [1.165, 1.54) is 0 Å². The van der Waals surface area contributed by atoms with Crippen LogP contribution in [0.25, 0.3) is 0 Å². The van der Waals surface area contributed by atoms with E-state index in [0.717, 1.165) is 11.5 Å². The van der Waals surface area contributed by atoms with E-state index in [4.69, 9.17) is 0 Å². The van der Waals surface area contributed by atoms with Gasteiger partial charge in [-0.1, -0.05) is 0 Å². The van der Waals surface area contributed by atoms with E-state index in [9.17, 15) is 0 Å². The molecule has 2 atom stereocenters. The topological polar surface area (TPSA) is 0 Å². The fourth-order valence-corrected chi connectivity index (χ4v) is 4.20. The van der Waals surface area contributed by atoms with Gasteiger partial charge in [0.05, 0.1) is 0 Å². The molecule has 0 amide bonds. The molecule has 0 aliphatic rings. The standard InChI is InChI=1S/C5H14S5/c1-10(4(8)2-6)5(9)3-7/h4-10H,2-3H2,1H3. The Morgan fingerprint density at radius 2 is 1.40 bits per heavy atom. The van der Waals surface area contributed by atoms with Gasteiger partial charge in [0.15, 0.2) is 0 Å². The molecule has 0 aliphatic carbocycles. The third-order valence-corrected chi connectivity index (χ3v) is 7.95. The molecule has 0 nitrogen and oxygen atoms in total. The van der Waals surface area contributed by atoms with Crippen molar-refractivity contribution in [3.63, 3.8) is 0 Å². The van der Waals surface area contributed by atoms with E-state index >= 15 is 0 Å². The van der Waals surface area contributed by atoms with E-state index in [2.05, 4.69) is 56.8 Å². The molecule has 0 fully saturated rings. The van der Waals surface area contributed by atoms with Crippen LogP contribution in [0.1, 0.15) is 0 Å². The number of rotatable bonds is 4. The maximum Gasteiger partial charge on any atom is 0.0389 e. The highest BCUT2D eigenvalue weighted by atomic mass is 32.3. The van der Waals surface area contributed by atoms with Gasteiger partial charge in [0.1, 0.15) is 0 Å². The highest BCUT2D eigenvalue weighted by Gasteiger charge is 2.13. The summed E-state index contributed by atoms with van der Waals surface area (Å²) in [6.07, 6.45) is 2.19. The van der Waals surface area contributed by atoms with Gasteiger partial charge in [0.25, 0.3) is 0 Å². The fourth-order valence-electron chi connectivity index (χ4n) is 0.456. The molecule has 64 valence electrons. The van der Waals surface area contributed by atoms with Crippen molar-refractivity contribution in [1.29, 1.82) is 0 Å². The van der Waals surface area contributed by atoms with Crippen LogP contribution in [0.2, 0.25) is 0 Å². The minimum Gasteiger partial charge on any atom is -0.232 e. The summed E-state index contributed by atoms with van der Waals surface area (Å²) in [5, 5.41) is 0. The molecule has 0 radical (unpaired) electrons. The molecule has 10 heavy (non-hydrogen) atoms. The molecule has 0 N–H and O–H groups in total. The maximum absolute atomic E-state index is 4.39. The molecule has 0 aliphatic heterocycles. The zero-order valence-corrected chi connectivity index (χ0v) is 10.3. The first-order chi connectivity index (χ1) is 4.63. The van der Waals surface area contributed by atoms with Gasteiger partial charge in [-0.25, -0.2) is 10.9 Å². The minimum atomic E-state index is -0.128. The second kappa shape index (κ2) is 6.29. The van der Waals surface area contributed by atoms with E-state index in [1.807, 2.05) is 0 Å². The van der Waals surface area contributed by atoms with Crippen molar-refractivity contribution in [2.75, 3.05) is 17.8 Å².